The van der Waals surface area contributed by atoms with Crippen LogP contribution in [0, 0.1) is 0 Å². The number of hydrogen-bond acceptors (Lipinski definition) is 1. The Kier molecular flexibility index (Phi) is 6.15. The van der Waals surface area contributed by atoms with E-state index < -0.39 is 0 Å². The molecule has 1 aliphatic carbocycles. The standard InChI is InChI=1S/C50H32O/c1-2-12-34-30-48-46(27-33(34)11-1)45-29-36(25-26-47(45)51-48)50-42-19-9-7-17-40(42)49(41-18-8-10-20-43(41)50)32-23-21-31(22-24-32)44-28-35-13-3-4-14-37(35)38-15-5-6-16-39(38)44/h1-30,45,47H. The van der Waals surface area contributed by atoms with Crippen molar-refractivity contribution in [3.05, 3.63) is 193 Å². The van der Waals surface area contributed by atoms with Crippen LogP contribution in [0.5, 0.6) is 5.75 Å². The normalized spacial score (nSPS) is 16.4. The van der Waals surface area contributed by atoms with Crippen LogP contribution in [0.15, 0.2) is 182 Å². The fraction of sp³-hybridized carbons (Fsp3) is 0.0400. The van der Waals surface area contributed by atoms with Crippen LogP contribution in [0.2, 0.25) is 0 Å². The average molecular weight is 649 g/mol. The molecule has 9 aromatic carbocycles. The van der Waals surface area contributed by atoms with Crippen LogP contribution in [0.1, 0.15) is 17.0 Å². The lowest BCUT2D eigenvalue weighted by molar-refractivity contribution is 0.269. The highest BCUT2D eigenvalue weighted by atomic mass is 16.5. The van der Waals surface area contributed by atoms with E-state index in [9.17, 15) is 0 Å². The predicted molar refractivity (Wildman–Crippen MR) is 216 cm³/mol. The zero-order valence-electron chi connectivity index (χ0n) is 27.9. The zero-order chi connectivity index (χ0) is 33.5. The molecular weight excluding hydrogens is 617 g/mol. The summed E-state index contributed by atoms with van der Waals surface area (Å²) >= 11 is 0. The van der Waals surface area contributed by atoms with Crippen molar-refractivity contribution in [2.45, 2.75) is 12.0 Å². The van der Waals surface area contributed by atoms with Gasteiger partial charge in [-0.05, 0) is 112 Å². The maximum absolute atomic E-state index is 6.51. The third-order valence-electron chi connectivity index (χ3n) is 11.2. The first-order valence-electron chi connectivity index (χ1n) is 17.8. The van der Waals surface area contributed by atoms with Crippen molar-refractivity contribution in [1.82, 2.24) is 0 Å². The summed E-state index contributed by atoms with van der Waals surface area (Å²) in [6.07, 6.45) is 7.00. The second-order valence-corrected chi connectivity index (χ2v) is 13.9. The molecule has 2 unspecified atom stereocenters. The molecule has 1 heterocycles. The van der Waals surface area contributed by atoms with Crippen LogP contribution in [0.4, 0.5) is 0 Å². The van der Waals surface area contributed by atoms with E-state index in [1.165, 1.54) is 92.8 Å². The Hall–Kier alpha value is -6.44. The molecule has 51 heavy (non-hydrogen) atoms. The van der Waals surface area contributed by atoms with Crippen molar-refractivity contribution in [3.8, 4) is 28.0 Å². The fourth-order valence-electron chi connectivity index (χ4n) is 8.81. The predicted octanol–water partition coefficient (Wildman–Crippen LogP) is 13.3. The van der Waals surface area contributed by atoms with Crippen LogP contribution >= 0.6 is 0 Å². The Bertz CT molecular complexity index is 2890. The Balaban J connectivity index is 1.07. The Labute approximate surface area is 296 Å². The van der Waals surface area contributed by atoms with Crippen molar-refractivity contribution in [3.63, 3.8) is 0 Å². The Morgan fingerprint density at radius 3 is 1.63 bits per heavy atom. The van der Waals surface area contributed by atoms with E-state index in [0.29, 0.717) is 0 Å². The van der Waals surface area contributed by atoms with Gasteiger partial charge in [0.05, 0.1) is 0 Å². The molecule has 2 aliphatic rings. The maximum atomic E-state index is 6.51. The molecule has 0 saturated carbocycles. The highest BCUT2D eigenvalue weighted by Gasteiger charge is 2.34. The lowest BCUT2D eigenvalue weighted by Gasteiger charge is -2.22. The van der Waals surface area contributed by atoms with Crippen molar-refractivity contribution in [2.75, 3.05) is 0 Å². The van der Waals surface area contributed by atoms with Crippen molar-refractivity contribution in [1.29, 1.82) is 0 Å². The Morgan fingerprint density at radius 1 is 0.412 bits per heavy atom. The first-order valence-corrected chi connectivity index (χ1v) is 17.8. The lowest BCUT2D eigenvalue weighted by Crippen LogP contribution is -2.17. The van der Waals surface area contributed by atoms with E-state index in [0.717, 1.165) is 5.75 Å². The summed E-state index contributed by atoms with van der Waals surface area (Å²) in [6.45, 7) is 0. The minimum Gasteiger partial charge on any atom is -0.485 e. The van der Waals surface area contributed by atoms with Crippen LogP contribution in [0.3, 0.4) is 0 Å². The summed E-state index contributed by atoms with van der Waals surface area (Å²) in [7, 11) is 0. The van der Waals surface area contributed by atoms with Crippen LogP contribution in [0.25, 0.3) is 81.7 Å². The molecule has 0 saturated heterocycles. The molecule has 0 amide bonds. The number of allylic oxidation sites excluding steroid dienone is 2. The van der Waals surface area contributed by atoms with Gasteiger partial charge in [0.25, 0.3) is 0 Å². The number of rotatable bonds is 3. The molecule has 238 valence electrons. The highest BCUT2D eigenvalue weighted by Crippen LogP contribution is 2.48. The second kappa shape index (κ2) is 11.0. The molecule has 0 radical (unpaired) electrons. The Morgan fingerprint density at radius 2 is 0.941 bits per heavy atom. The van der Waals surface area contributed by atoms with Crippen molar-refractivity contribution >= 4 is 59.4 Å². The summed E-state index contributed by atoms with van der Waals surface area (Å²) in [4.78, 5) is 0. The average Bonchev–Trinajstić information content (AvgIpc) is 3.55. The van der Waals surface area contributed by atoms with Gasteiger partial charge in [-0.2, -0.15) is 0 Å². The van der Waals surface area contributed by atoms with Crippen LogP contribution in [-0.4, -0.2) is 6.10 Å². The third kappa shape index (κ3) is 4.35. The first kappa shape index (κ1) is 28.4. The van der Waals surface area contributed by atoms with Gasteiger partial charge in [-0.3, -0.25) is 0 Å². The number of hydrogen-bond donors (Lipinski definition) is 0. The number of benzene rings is 9. The van der Waals surface area contributed by atoms with Gasteiger partial charge < -0.3 is 4.74 Å². The monoisotopic (exact) mass is 648 g/mol. The largest absolute Gasteiger partial charge is 0.485 e. The molecule has 9 aromatic rings. The maximum Gasteiger partial charge on any atom is 0.128 e. The van der Waals surface area contributed by atoms with Crippen LogP contribution in [-0.2, 0) is 0 Å². The molecule has 1 aliphatic heterocycles. The van der Waals surface area contributed by atoms with Crippen molar-refractivity contribution in [2.24, 2.45) is 0 Å². The summed E-state index contributed by atoms with van der Waals surface area (Å²) in [5.41, 5.74) is 8.79. The molecule has 2 atom stereocenters. The van der Waals surface area contributed by atoms with E-state index in [-0.39, 0.29) is 12.0 Å². The van der Waals surface area contributed by atoms with Gasteiger partial charge in [0.2, 0.25) is 0 Å². The van der Waals surface area contributed by atoms with E-state index >= 15 is 0 Å². The topological polar surface area (TPSA) is 9.23 Å². The number of ether oxygens (including phenoxy) is 1. The van der Waals surface area contributed by atoms with Gasteiger partial charge in [0, 0.05) is 11.5 Å². The fourth-order valence-corrected chi connectivity index (χ4v) is 8.81. The SMILES string of the molecule is C1=CC2Oc3cc4ccccc4cc3C2C=C1c1c2ccccc2c(-c2ccc(-c3cc4ccccc4c4ccccc34)cc2)c2ccccc12. The molecule has 0 N–H and O–H groups in total. The second-order valence-electron chi connectivity index (χ2n) is 13.9. The number of fused-ring (bicyclic) bond motifs is 9. The molecular formula is C50H32O. The summed E-state index contributed by atoms with van der Waals surface area (Å²) in [5.74, 6) is 1.16. The van der Waals surface area contributed by atoms with E-state index in [1.807, 2.05) is 0 Å². The summed E-state index contributed by atoms with van der Waals surface area (Å²) < 4.78 is 6.51. The molecule has 1 heteroatoms. The smallest absolute Gasteiger partial charge is 0.128 e. The van der Waals surface area contributed by atoms with E-state index in [1.54, 1.807) is 0 Å². The molecule has 0 fully saturated rings. The quantitative estimate of drug-likeness (QED) is 0.137. The summed E-state index contributed by atoms with van der Waals surface area (Å²) in [5, 5.41) is 12.7. The van der Waals surface area contributed by atoms with Gasteiger partial charge >= 0.3 is 0 Å². The van der Waals surface area contributed by atoms with Crippen LogP contribution < -0.4 is 4.74 Å². The van der Waals surface area contributed by atoms with Gasteiger partial charge in [0.15, 0.2) is 0 Å². The van der Waals surface area contributed by atoms with Gasteiger partial charge in [-0.15, -0.1) is 0 Å². The zero-order valence-corrected chi connectivity index (χ0v) is 27.9. The minimum absolute atomic E-state index is 0.00982. The van der Waals surface area contributed by atoms with E-state index in [2.05, 4.69) is 182 Å². The van der Waals surface area contributed by atoms with Gasteiger partial charge in [0.1, 0.15) is 11.9 Å². The molecule has 0 spiro atoms. The lowest BCUT2D eigenvalue weighted by atomic mass is 9.81. The van der Waals surface area contributed by atoms with Gasteiger partial charge in [-0.1, -0.05) is 158 Å². The minimum atomic E-state index is 0.00982. The van der Waals surface area contributed by atoms with Gasteiger partial charge in [-0.25, -0.2) is 0 Å². The van der Waals surface area contributed by atoms with Crippen molar-refractivity contribution < 1.29 is 4.74 Å². The first-order chi connectivity index (χ1) is 25.3. The highest BCUT2D eigenvalue weighted by molar-refractivity contribution is 6.20. The third-order valence-corrected chi connectivity index (χ3v) is 11.2. The molecule has 11 rings (SSSR count). The molecule has 1 nitrogen and oxygen atoms in total. The molecule has 0 bridgehead atoms. The molecule has 0 aromatic heterocycles. The summed E-state index contributed by atoms with van der Waals surface area (Å²) in [6, 6.07) is 60.0. The van der Waals surface area contributed by atoms with E-state index in [4.69, 9.17) is 4.74 Å².